The third-order valence-corrected chi connectivity index (χ3v) is 3.40. The zero-order valence-electron chi connectivity index (χ0n) is 12.3. The second kappa shape index (κ2) is 6.24. The van der Waals surface area contributed by atoms with Crippen molar-refractivity contribution < 1.29 is 9.53 Å². The molecule has 2 rings (SSSR count). The van der Waals surface area contributed by atoms with Crippen molar-refractivity contribution >= 4 is 17.3 Å². The number of nitrogens with one attached hydrogen (secondary N) is 1. The zero-order valence-corrected chi connectivity index (χ0v) is 12.3. The number of morpholine rings is 1. The summed E-state index contributed by atoms with van der Waals surface area (Å²) in [6, 6.07) is 5.53. The van der Waals surface area contributed by atoms with Crippen LogP contribution in [0.3, 0.4) is 0 Å². The number of aryl methyl sites for hydroxylation is 1. The van der Waals surface area contributed by atoms with Gasteiger partial charge in [-0.15, -0.1) is 0 Å². The molecule has 5 heteroatoms. The van der Waals surface area contributed by atoms with Crippen LogP contribution in [0.5, 0.6) is 0 Å². The number of hydrogen-bond donors (Lipinski definition) is 2. The highest BCUT2D eigenvalue weighted by atomic mass is 16.5. The number of anilines is 2. The number of nitrogens with zero attached hydrogens (tertiary/aromatic N) is 1. The molecule has 110 valence electrons. The highest BCUT2D eigenvalue weighted by Gasteiger charge is 2.23. The van der Waals surface area contributed by atoms with Gasteiger partial charge in [-0.1, -0.05) is 6.07 Å². The van der Waals surface area contributed by atoms with Gasteiger partial charge in [-0.25, -0.2) is 0 Å². The maximum atomic E-state index is 12.1. The molecule has 2 unspecified atom stereocenters. The second-order valence-electron chi connectivity index (χ2n) is 5.57. The summed E-state index contributed by atoms with van der Waals surface area (Å²) in [7, 11) is 0. The number of rotatable bonds is 3. The Kier molecular flexibility index (Phi) is 4.62. The number of benzene rings is 1. The van der Waals surface area contributed by atoms with Crippen LogP contribution in [-0.4, -0.2) is 42.6 Å². The Labute approximate surface area is 120 Å². The van der Waals surface area contributed by atoms with Crippen LogP contribution in [-0.2, 0) is 9.53 Å². The molecule has 1 saturated heterocycles. The summed E-state index contributed by atoms with van der Waals surface area (Å²) in [6.07, 6.45) is 0.335. The highest BCUT2D eigenvalue weighted by Crippen LogP contribution is 2.18. The molecule has 5 nitrogen and oxygen atoms in total. The van der Waals surface area contributed by atoms with E-state index in [0.29, 0.717) is 12.2 Å². The van der Waals surface area contributed by atoms with E-state index in [1.165, 1.54) is 0 Å². The summed E-state index contributed by atoms with van der Waals surface area (Å²) < 4.78 is 5.66. The first-order valence-electron chi connectivity index (χ1n) is 6.98. The minimum atomic E-state index is -0.0139. The van der Waals surface area contributed by atoms with Crippen molar-refractivity contribution in [1.29, 1.82) is 0 Å². The monoisotopic (exact) mass is 277 g/mol. The molecule has 1 heterocycles. The summed E-state index contributed by atoms with van der Waals surface area (Å²) in [4.78, 5) is 14.2. The van der Waals surface area contributed by atoms with Crippen molar-refractivity contribution in [3.05, 3.63) is 23.8 Å². The number of nitrogens with two attached hydrogens (primary N) is 1. The largest absolute Gasteiger partial charge is 0.399 e. The summed E-state index contributed by atoms with van der Waals surface area (Å²) in [6.45, 7) is 7.97. The van der Waals surface area contributed by atoms with E-state index < -0.39 is 0 Å². The lowest BCUT2D eigenvalue weighted by Gasteiger charge is -2.34. The van der Waals surface area contributed by atoms with Crippen LogP contribution in [0.4, 0.5) is 11.4 Å². The summed E-state index contributed by atoms with van der Waals surface area (Å²) in [5, 5.41) is 2.93. The van der Waals surface area contributed by atoms with Gasteiger partial charge in [0.2, 0.25) is 5.91 Å². The molecule has 20 heavy (non-hydrogen) atoms. The van der Waals surface area contributed by atoms with E-state index in [1.54, 1.807) is 6.07 Å². The van der Waals surface area contributed by atoms with Crippen molar-refractivity contribution in [3.8, 4) is 0 Å². The lowest BCUT2D eigenvalue weighted by molar-refractivity contribution is -0.121. The smallest absolute Gasteiger partial charge is 0.238 e. The quantitative estimate of drug-likeness (QED) is 0.824. The number of hydrogen-bond acceptors (Lipinski definition) is 4. The molecule has 3 N–H and O–H groups in total. The first-order chi connectivity index (χ1) is 9.44. The molecule has 2 atom stereocenters. The molecule has 1 amide bonds. The number of amides is 1. The molecule has 1 aromatic rings. The van der Waals surface area contributed by atoms with Gasteiger partial charge < -0.3 is 15.8 Å². The molecule has 0 aromatic heterocycles. The van der Waals surface area contributed by atoms with Crippen LogP contribution in [0.15, 0.2) is 18.2 Å². The predicted molar refractivity (Wildman–Crippen MR) is 80.7 cm³/mol. The maximum absolute atomic E-state index is 12.1. The average molecular weight is 277 g/mol. The Balaban J connectivity index is 1.93. The molecule has 0 aliphatic carbocycles. The topological polar surface area (TPSA) is 67.6 Å². The molecule has 1 aliphatic heterocycles. The van der Waals surface area contributed by atoms with Crippen LogP contribution >= 0.6 is 0 Å². The van der Waals surface area contributed by atoms with Gasteiger partial charge in [0.05, 0.1) is 18.8 Å². The molecule has 0 saturated carbocycles. The summed E-state index contributed by atoms with van der Waals surface area (Å²) in [5.41, 5.74) is 8.19. The molecule has 0 spiro atoms. The van der Waals surface area contributed by atoms with Crippen LogP contribution in [0.25, 0.3) is 0 Å². The van der Waals surface area contributed by atoms with Crippen LogP contribution in [0, 0.1) is 6.92 Å². The highest BCUT2D eigenvalue weighted by molar-refractivity contribution is 5.93. The van der Waals surface area contributed by atoms with E-state index >= 15 is 0 Å². The van der Waals surface area contributed by atoms with Crippen molar-refractivity contribution in [2.75, 3.05) is 30.7 Å². The molecule has 0 bridgehead atoms. The van der Waals surface area contributed by atoms with Crippen molar-refractivity contribution in [2.45, 2.75) is 33.0 Å². The van der Waals surface area contributed by atoms with Gasteiger partial charge in [-0.3, -0.25) is 9.69 Å². The molecule has 1 fully saturated rings. The zero-order chi connectivity index (χ0) is 14.7. The number of carbonyl (C=O) groups is 1. The third-order valence-electron chi connectivity index (χ3n) is 3.40. The van der Waals surface area contributed by atoms with Gasteiger partial charge in [0, 0.05) is 24.5 Å². The van der Waals surface area contributed by atoms with Gasteiger partial charge in [0.1, 0.15) is 0 Å². The van der Waals surface area contributed by atoms with Crippen LogP contribution in [0.2, 0.25) is 0 Å². The number of ether oxygens (including phenoxy) is 1. The van der Waals surface area contributed by atoms with E-state index in [-0.39, 0.29) is 18.1 Å². The van der Waals surface area contributed by atoms with E-state index in [4.69, 9.17) is 10.5 Å². The van der Waals surface area contributed by atoms with Crippen LogP contribution in [0.1, 0.15) is 19.4 Å². The van der Waals surface area contributed by atoms with Crippen molar-refractivity contribution in [2.24, 2.45) is 0 Å². The maximum Gasteiger partial charge on any atom is 0.238 e. The minimum Gasteiger partial charge on any atom is -0.399 e. The fourth-order valence-corrected chi connectivity index (χ4v) is 2.58. The van der Waals surface area contributed by atoms with Gasteiger partial charge in [0.15, 0.2) is 0 Å². The first kappa shape index (κ1) is 14.8. The van der Waals surface area contributed by atoms with E-state index in [2.05, 4.69) is 10.2 Å². The Morgan fingerprint density at radius 1 is 1.40 bits per heavy atom. The van der Waals surface area contributed by atoms with Gasteiger partial charge in [-0.2, -0.15) is 0 Å². The Morgan fingerprint density at radius 2 is 2.05 bits per heavy atom. The lowest BCUT2D eigenvalue weighted by Crippen LogP contribution is -2.48. The number of nitrogen functional groups attached to an aromatic ring is 1. The molecule has 0 radical (unpaired) electrons. The number of carbonyl (C=O) groups excluding carboxylic acids is 1. The van der Waals surface area contributed by atoms with E-state index in [1.807, 2.05) is 32.9 Å². The van der Waals surface area contributed by atoms with E-state index in [9.17, 15) is 4.79 Å². The Morgan fingerprint density at radius 3 is 2.70 bits per heavy atom. The molecular formula is C15H23N3O2. The molecule has 1 aliphatic rings. The van der Waals surface area contributed by atoms with Crippen molar-refractivity contribution in [3.63, 3.8) is 0 Å². The van der Waals surface area contributed by atoms with Crippen LogP contribution < -0.4 is 11.1 Å². The first-order valence-corrected chi connectivity index (χ1v) is 6.98. The van der Waals surface area contributed by atoms with Gasteiger partial charge in [-0.05, 0) is 38.5 Å². The SMILES string of the molecule is Cc1ccc(N)cc1NC(=O)CN1CC(C)OC(C)C1. The Bertz CT molecular complexity index is 480. The molecular weight excluding hydrogens is 254 g/mol. The van der Waals surface area contributed by atoms with Gasteiger partial charge in [0.25, 0.3) is 0 Å². The fourth-order valence-electron chi connectivity index (χ4n) is 2.58. The minimum absolute atomic E-state index is 0.0139. The summed E-state index contributed by atoms with van der Waals surface area (Å²) >= 11 is 0. The molecule has 1 aromatic carbocycles. The second-order valence-corrected chi connectivity index (χ2v) is 5.57. The third kappa shape index (κ3) is 3.95. The fraction of sp³-hybridized carbons (Fsp3) is 0.533. The van der Waals surface area contributed by atoms with Gasteiger partial charge >= 0.3 is 0 Å². The Hall–Kier alpha value is -1.59. The van der Waals surface area contributed by atoms with E-state index in [0.717, 1.165) is 24.3 Å². The normalized spacial score (nSPS) is 23.6. The predicted octanol–water partition coefficient (Wildman–Crippen LogP) is 1.62. The average Bonchev–Trinajstić information content (AvgIpc) is 2.32. The lowest BCUT2D eigenvalue weighted by atomic mass is 10.2. The van der Waals surface area contributed by atoms with Crippen molar-refractivity contribution in [1.82, 2.24) is 4.90 Å². The standard InChI is InChI=1S/C15H23N3O2/c1-10-4-5-13(16)6-14(10)17-15(19)9-18-7-11(2)20-12(3)8-18/h4-6,11-12H,7-9,16H2,1-3H3,(H,17,19). The summed E-state index contributed by atoms with van der Waals surface area (Å²) in [5.74, 6) is -0.0139.